The SMILES string of the molecule is COc1ccc(-c2nccn2CC2CCC(CO)CC2)c(OC)c1C. The zero-order chi connectivity index (χ0) is 17.8. The number of aromatic nitrogens is 2. The van der Waals surface area contributed by atoms with E-state index in [-0.39, 0.29) is 0 Å². The van der Waals surface area contributed by atoms with E-state index in [1.807, 2.05) is 31.5 Å². The lowest BCUT2D eigenvalue weighted by molar-refractivity contribution is 0.161. The van der Waals surface area contributed by atoms with Gasteiger partial charge in [-0.2, -0.15) is 0 Å². The van der Waals surface area contributed by atoms with E-state index < -0.39 is 0 Å². The van der Waals surface area contributed by atoms with Crippen LogP contribution in [0.15, 0.2) is 24.5 Å². The smallest absolute Gasteiger partial charge is 0.143 e. The molecule has 1 saturated carbocycles. The molecule has 1 aliphatic rings. The summed E-state index contributed by atoms with van der Waals surface area (Å²) >= 11 is 0. The summed E-state index contributed by atoms with van der Waals surface area (Å²) in [6, 6.07) is 3.99. The van der Waals surface area contributed by atoms with Crippen molar-refractivity contribution in [1.82, 2.24) is 9.55 Å². The molecule has 136 valence electrons. The van der Waals surface area contributed by atoms with Gasteiger partial charge in [0.1, 0.15) is 17.3 Å². The summed E-state index contributed by atoms with van der Waals surface area (Å²) in [6.07, 6.45) is 8.48. The second kappa shape index (κ2) is 7.91. The summed E-state index contributed by atoms with van der Waals surface area (Å²) < 4.78 is 13.3. The van der Waals surface area contributed by atoms with Crippen LogP contribution in [0.2, 0.25) is 0 Å². The lowest BCUT2D eigenvalue weighted by Gasteiger charge is -2.28. The van der Waals surface area contributed by atoms with Crippen LogP contribution in [0.3, 0.4) is 0 Å². The third-order valence-electron chi connectivity index (χ3n) is 5.42. The molecule has 0 unspecified atom stereocenters. The van der Waals surface area contributed by atoms with Gasteiger partial charge >= 0.3 is 0 Å². The summed E-state index contributed by atoms with van der Waals surface area (Å²) in [6.45, 7) is 3.29. The lowest BCUT2D eigenvalue weighted by Crippen LogP contribution is -2.21. The fourth-order valence-electron chi connectivity index (χ4n) is 3.91. The van der Waals surface area contributed by atoms with Gasteiger partial charge in [-0.1, -0.05) is 0 Å². The third kappa shape index (κ3) is 3.66. The van der Waals surface area contributed by atoms with Crippen molar-refractivity contribution in [2.24, 2.45) is 11.8 Å². The Kier molecular flexibility index (Phi) is 5.63. The number of hydrogen-bond acceptors (Lipinski definition) is 4. The number of nitrogens with zero attached hydrogens (tertiary/aromatic N) is 2. The van der Waals surface area contributed by atoms with Gasteiger partial charge in [-0.05, 0) is 56.6 Å². The quantitative estimate of drug-likeness (QED) is 0.868. The third-order valence-corrected chi connectivity index (χ3v) is 5.42. The minimum Gasteiger partial charge on any atom is -0.496 e. The van der Waals surface area contributed by atoms with Gasteiger partial charge in [0.05, 0.1) is 19.8 Å². The van der Waals surface area contributed by atoms with Gasteiger partial charge in [-0.15, -0.1) is 0 Å². The fourth-order valence-corrected chi connectivity index (χ4v) is 3.91. The molecule has 25 heavy (non-hydrogen) atoms. The molecule has 1 fully saturated rings. The number of aliphatic hydroxyl groups is 1. The summed E-state index contributed by atoms with van der Waals surface area (Å²) in [5, 5.41) is 9.31. The standard InChI is InChI=1S/C20H28N2O3/c1-14-18(24-2)9-8-17(19(14)25-3)20-21-10-11-22(20)12-15-4-6-16(13-23)7-5-15/h8-11,15-16,23H,4-7,12-13H2,1-3H3. The maximum absolute atomic E-state index is 9.31. The molecule has 0 spiro atoms. The van der Waals surface area contributed by atoms with Crippen LogP contribution in [-0.4, -0.2) is 35.5 Å². The van der Waals surface area contributed by atoms with Crippen LogP contribution in [0.25, 0.3) is 11.4 Å². The van der Waals surface area contributed by atoms with Crippen molar-refractivity contribution in [2.45, 2.75) is 39.2 Å². The molecule has 5 nitrogen and oxygen atoms in total. The molecule has 0 amide bonds. The fraction of sp³-hybridized carbons (Fsp3) is 0.550. The van der Waals surface area contributed by atoms with Crippen LogP contribution in [0, 0.1) is 18.8 Å². The molecule has 0 bridgehead atoms. The van der Waals surface area contributed by atoms with E-state index in [1.54, 1.807) is 14.2 Å². The molecular weight excluding hydrogens is 316 g/mol. The minimum atomic E-state index is 0.325. The van der Waals surface area contributed by atoms with Gasteiger partial charge in [-0.3, -0.25) is 0 Å². The molecule has 3 rings (SSSR count). The Morgan fingerprint density at radius 2 is 1.84 bits per heavy atom. The van der Waals surface area contributed by atoms with Gasteiger partial charge in [0, 0.05) is 31.1 Å². The Morgan fingerprint density at radius 1 is 1.12 bits per heavy atom. The Balaban J connectivity index is 1.84. The topological polar surface area (TPSA) is 56.5 Å². The van der Waals surface area contributed by atoms with E-state index in [0.29, 0.717) is 18.4 Å². The van der Waals surface area contributed by atoms with Crippen molar-refractivity contribution in [3.05, 3.63) is 30.1 Å². The molecule has 1 aliphatic carbocycles. The summed E-state index contributed by atoms with van der Waals surface area (Å²) in [4.78, 5) is 4.59. The first-order valence-corrected chi connectivity index (χ1v) is 9.01. The van der Waals surface area contributed by atoms with E-state index in [1.165, 1.54) is 12.8 Å². The van der Waals surface area contributed by atoms with E-state index in [9.17, 15) is 5.11 Å². The van der Waals surface area contributed by atoms with E-state index in [4.69, 9.17) is 9.47 Å². The number of hydrogen-bond donors (Lipinski definition) is 1. The molecule has 0 radical (unpaired) electrons. The second-order valence-corrected chi connectivity index (χ2v) is 6.95. The number of ether oxygens (including phenoxy) is 2. The van der Waals surface area contributed by atoms with Crippen LogP contribution in [0.1, 0.15) is 31.2 Å². The maximum Gasteiger partial charge on any atom is 0.143 e. The van der Waals surface area contributed by atoms with Crippen molar-refractivity contribution < 1.29 is 14.6 Å². The average Bonchev–Trinajstić information content (AvgIpc) is 3.10. The zero-order valence-corrected chi connectivity index (χ0v) is 15.4. The molecule has 0 saturated heterocycles. The van der Waals surface area contributed by atoms with Crippen molar-refractivity contribution in [3.63, 3.8) is 0 Å². The molecular formula is C20H28N2O3. The van der Waals surface area contributed by atoms with Crippen molar-refractivity contribution in [2.75, 3.05) is 20.8 Å². The summed E-state index contributed by atoms with van der Waals surface area (Å²) in [5.74, 6) is 3.70. The Labute approximate surface area is 149 Å². The molecule has 0 atom stereocenters. The van der Waals surface area contributed by atoms with Crippen molar-refractivity contribution in [3.8, 4) is 22.9 Å². The molecule has 1 N–H and O–H groups in total. The van der Waals surface area contributed by atoms with Crippen molar-refractivity contribution >= 4 is 0 Å². The highest BCUT2D eigenvalue weighted by molar-refractivity contribution is 5.69. The predicted molar refractivity (Wildman–Crippen MR) is 98.0 cm³/mol. The molecule has 0 aliphatic heterocycles. The molecule has 5 heteroatoms. The zero-order valence-electron chi connectivity index (χ0n) is 15.4. The Bertz CT molecular complexity index is 703. The van der Waals surface area contributed by atoms with Crippen LogP contribution < -0.4 is 9.47 Å². The number of methoxy groups -OCH3 is 2. The first kappa shape index (κ1) is 17.8. The number of rotatable bonds is 6. The van der Waals surface area contributed by atoms with E-state index >= 15 is 0 Å². The van der Waals surface area contributed by atoms with Crippen LogP contribution in [0.4, 0.5) is 0 Å². The van der Waals surface area contributed by atoms with Gasteiger partial charge < -0.3 is 19.1 Å². The maximum atomic E-state index is 9.31. The first-order valence-electron chi connectivity index (χ1n) is 9.01. The Morgan fingerprint density at radius 3 is 2.48 bits per heavy atom. The first-order chi connectivity index (χ1) is 12.2. The van der Waals surface area contributed by atoms with Gasteiger partial charge in [0.25, 0.3) is 0 Å². The monoisotopic (exact) mass is 344 g/mol. The lowest BCUT2D eigenvalue weighted by atomic mass is 9.82. The highest BCUT2D eigenvalue weighted by Gasteiger charge is 2.23. The van der Waals surface area contributed by atoms with Gasteiger partial charge in [0.15, 0.2) is 0 Å². The van der Waals surface area contributed by atoms with Crippen LogP contribution in [0.5, 0.6) is 11.5 Å². The summed E-state index contributed by atoms with van der Waals surface area (Å²) in [5.41, 5.74) is 1.98. The molecule has 2 aromatic rings. The van der Waals surface area contributed by atoms with Crippen LogP contribution >= 0.6 is 0 Å². The Hall–Kier alpha value is -2.01. The molecule has 1 heterocycles. The normalized spacial score (nSPS) is 20.5. The van der Waals surface area contributed by atoms with E-state index in [2.05, 4.69) is 9.55 Å². The van der Waals surface area contributed by atoms with E-state index in [0.717, 1.165) is 47.8 Å². The minimum absolute atomic E-state index is 0.325. The van der Waals surface area contributed by atoms with Crippen molar-refractivity contribution in [1.29, 1.82) is 0 Å². The number of aliphatic hydroxyl groups excluding tert-OH is 1. The van der Waals surface area contributed by atoms with Gasteiger partial charge in [0.2, 0.25) is 0 Å². The van der Waals surface area contributed by atoms with Crippen LogP contribution in [-0.2, 0) is 6.54 Å². The second-order valence-electron chi connectivity index (χ2n) is 6.95. The van der Waals surface area contributed by atoms with Gasteiger partial charge in [-0.25, -0.2) is 4.98 Å². The highest BCUT2D eigenvalue weighted by atomic mass is 16.5. The largest absolute Gasteiger partial charge is 0.496 e. The summed E-state index contributed by atoms with van der Waals surface area (Å²) in [7, 11) is 3.36. The predicted octanol–water partition coefficient (Wildman–Crippen LogP) is 3.67. The number of benzene rings is 1. The average molecular weight is 344 g/mol. The molecule has 1 aromatic carbocycles. The molecule has 1 aromatic heterocycles. The highest BCUT2D eigenvalue weighted by Crippen LogP contribution is 2.38. The number of imidazole rings is 1.